The number of hydrogen-bond donors (Lipinski definition) is 3. The second-order valence-electron chi connectivity index (χ2n) is 8.54. The van der Waals surface area contributed by atoms with Gasteiger partial charge in [0.1, 0.15) is 18.0 Å². The quantitative estimate of drug-likeness (QED) is 0.600. The molecule has 4 rings (SSSR count). The maximum absolute atomic E-state index is 13.1. The molecule has 4 atom stereocenters. The van der Waals surface area contributed by atoms with Gasteiger partial charge in [-0.05, 0) is 24.6 Å². The number of nitrogens with one attached hydrogen (secondary N) is 1. The second kappa shape index (κ2) is 9.77. The van der Waals surface area contributed by atoms with Crippen LogP contribution in [0.2, 0.25) is 0 Å². The van der Waals surface area contributed by atoms with Crippen molar-refractivity contribution in [3.63, 3.8) is 0 Å². The number of nitrogens with zero attached hydrogens (tertiary/aromatic N) is 1. The van der Waals surface area contributed by atoms with Crippen LogP contribution in [0.4, 0.5) is 0 Å². The largest absolute Gasteiger partial charge is 0.486 e. The highest BCUT2D eigenvalue weighted by Gasteiger charge is 2.50. The van der Waals surface area contributed by atoms with Crippen molar-refractivity contribution in [2.24, 2.45) is 0 Å². The van der Waals surface area contributed by atoms with E-state index in [0.29, 0.717) is 17.9 Å². The molecule has 174 valence electrons. The lowest BCUT2D eigenvalue weighted by Gasteiger charge is -2.40. The summed E-state index contributed by atoms with van der Waals surface area (Å²) in [6.45, 7) is 4.02. The lowest BCUT2D eigenvalue weighted by Crippen LogP contribution is -2.55. The van der Waals surface area contributed by atoms with Crippen LogP contribution in [0.15, 0.2) is 60.2 Å². The van der Waals surface area contributed by atoms with Gasteiger partial charge >= 0.3 is 0 Å². The number of aliphatic hydroxyl groups is 2. The third kappa shape index (κ3) is 4.51. The Hall–Kier alpha value is -3.16. The Labute approximate surface area is 193 Å². The number of para-hydroxylation sites is 1. The molecule has 0 saturated carbocycles. The molecule has 0 bridgehead atoms. The van der Waals surface area contributed by atoms with E-state index in [1.54, 1.807) is 17.9 Å². The summed E-state index contributed by atoms with van der Waals surface area (Å²) < 4.78 is 6.11. The van der Waals surface area contributed by atoms with Gasteiger partial charge in [0.15, 0.2) is 0 Å². The van der Waals surface area contributed by atoms with Crippen LogP contribution in [0.5, 0.6) is 5.75 Å². The van der Waals surface area contributed by atoms with E-state index in [2.05, 4.69) is 5.32 Å². The maximum atomic E-state index is 13.1. The van der Waals surface area contributed by atoms with Crippen LogP contribution >= 0.6 is 0 Å². The lowest BCUT2D eigenvalue weighted by molar-refractivity contribution is -0.137. The molecule has 7 heteroatoms. The first-order valence-electron chi connectivity index (χ1n) is 11.3. The molecule has 0 saturated heterocycles. The third-order valence-corrected chi connectivity index (χ3v) is 6.33. The first-order chi connectivity index (χ1) is 15.9. The van der Waals surface area contributed by atoms with Crippen molar-refractivity contribution in [2.75, 3.05) is 13.2 Å². The van der Waals surface area contributed by atoms with E-state index >= 15 is 0 Å². The van der Waals surface area contributed by atoms with Gasteiger partial charge < -0.3 is 25.2 Å². The van der Waals surface area contributed by atoms with E-state index in [-0.39, 0.29) is 31.4 Å². The monoisotopic (exact) mass is 450 g/mol. The third-order valence-electron chi connectivity index (χ3n) is 6.33. The maximum Gasteiger partial charge on any atom is 0.247 e. The van der Waals surface area contributed by atoms with Gasteiger partial charge in [-0.3, -0.25) is 9.59 Å². The molecule has 1 heterocycles. The average Bonchev–Trinajstić information content (AvgIpc) is 3.22. The van der Waals surface area contributed by atoms with Gasteiger partial charge in [0.25, 0.3) is 0 Å². The van der Waals surface area contributed by atoms with Crippen LogP contribution in [0.3, 0.4) is 0 Å². The zero-order valence-electron chi connectivity index (χ0n) is 18.9. The number of rotatable bonds is 7. The number of aliphatic hydroxyl groups excluding tert-OH is 2. The molecule has 0 spiro atoms. The molecule has 2 aromatic rings. The number of carbonyl (C=O) groups excluding carboxylic acids is 2. The zero-order valence-corrected chi connectivity index (χ0v) is 18.9. The Bertz CT molecular complexity index is 1050. The van der Waals surface area contributed by atoms with Gasteiger partial charge in [0, 0.05) is 30.6 Å². The first kappa shape index (κ1) is 23.0. The molecule has 33 heavy (non-hydrogen) atoms. The molecule has 0 unspecified atom stereocenters. The van der Waals surface area contributed by atoms with Gasteiger partial charge in [-0.15, -0.1) is 0 Å². The number of fused-ring (bicyclic) bond motifs is 3. The normalized spacial score (nSPS) is 23.1. The summed E-state index contributed by atoms with van der Waals surface area (Å²) in [6, 6.07) is 14.6. The van der Waals surface area contributed by atoms with Crippen molar-refractivity contribution in [2.45, 2.75) is 51.0 Å². The Morgan fingerprint density at radius 1 is 1.12 bits per heavy atom. The van der Waals surface area contributed by atoms with Crippen LogP contribution < -0.4 is 10.1 Å². The van der Waals surface area contributed by atoms with E-state index < -0.39 is 24.2 Å². The fraction of sp³-hybridized carbons (Fsp3) is 0.385. The summed E-state index contributed by atoms with van der Waals surface area (Å²) in [7, 11) is 0. The summed E-state index contributed by atoms with van der Waals surface area (Å²) in [4.78, 5) is 27.7. The molecule has 2 aromatic carbocycles. The topological polar surface area (TPSA) is 99.1 Å². The van der Waals surface area contributed by atoms with E-state index in [1.807, 2.05) is 55.5 Å². The summed E-state index contributed by atoms with van der Waals surface area (Å²) in [5.74, 6) is -0.292. The minimum absolute atomic E-state index is 0.115. The Balaban J connectivity index is 1.74. The number of ether oxygens (including phenoxy) is 1. The van der Waals surface area contributed by atoms with Crippen molar-refractivity contribution in [1.29, 1.82) is 0 Å². The van der Waals surface area contributed by atoms with Gasteiger partial charge in [0.05, 0.1) is 18.6 Å². The fourth-order valence-corrected chi connectivity index (χ4v) is 4.64. The standard InChI is InChI=1S/C26H30N2O5/c1-3-22(30)28(15-17-10-8-16(2)9-11-17)20-14-19(26(32)27-12-13-29)23-18-6-4-5-7-21(18)33-25(23)24(20)31/h4-11,14,20,23-25,29,31H,3,12-13,15H2,1-2H3,(H,27,32)/t20-,23+,24+,25+/m1/s1. The van der Waals surface area contributed by atoms with Crippen molar-refractivity contribution < 1.29 is 24.5 Å². The Morgan fingerprint density at radius 3 is 2.55 bits per heavy atom. The summed E-state index contributed by atoms with van der Waals surface area (Å²) in [6.07, 6.45) is 0.255. The van der Waals surface area contributed by atoms with E-state index in [0.717, 1.165) is 16.7 Å². The van der Waals surface area contributed by atoms with Crippen LogP contribution in [-0.4, -0.2) is 58.3 Å². The number of carbonyl (C=O) groups is 2. The molecule has 0 fully saturated rings. The zero-order chi connectivity index (χ0) is 23.5. The molecule has 1 aliphatic carbocycles. The Kier molecular flexibility index (Phi) is 6.81. The van der Waals surface area contributed by atoms with E-state index in [9.17, 15) is 19.8 Å². The van der Waals surface area contributed by atoms with Gasteiger partial charge in [-0.25, -0.2) is 0 Å². The van der Waals surface area contributed by atoms with E-state index in [4.69, 9.17) is 4.74 Å². The minimum atomic E-state index is -1.02. The van der Waals surface area contributed by atoms with Crippen LogP contribution in [-0.2, 0) is 16.1 Å². The predicted octanol–water partition coefficient (Wildman–Crippen LogP) is 2.06. The smallest absolute Gasteiger partial charge is 0.247 e. The molecule has 0 aromatic heterocycles. The van der Waals surface area contributed by atoms with Crippen LogP contribution in [0.25, 0.3) is 0 Å². The van der Waals surface area contributed by atoms with Crippen molar-refractivity contribution in [3.05, 3.63) is 76.9 Å². The molecule has 7 nitrogen and oxygen atoms in total. The Morgan fingerprint density at radius 2 is 1.85 bits per heavy atom. The van der Waals surface area contributed by atoms with Crippen LogP contribution in [0, 0.1) is 6.92 Å². The molecular weight excluding hydrogens is 420 g/mol. The number of benzene rings is 2. The van der Waals surface area contributed by atoms with Crippen molar-refractivity contribution >= 4 is 11.8 Å². The van der Waals surface area contributed by atoms with Gasteiger partial charge in [-0.1, -0.05) is 55.0 Å². The summed E-state index contributed by atoms with van der Waals surface area (Å²) in [5.41, 5.74) is 3.32. The summed E-state index contributed by atoms with van der Waals surface area (Å²) in [5, 5.41) is 23.3. The average molecular weight is 451 g/mol. The highest BCUT2D eigenvalue weighted by molar-refractivity contribution is 5.96. The second-order valence-corrected chi connectivity index (χ2v) is 8.54. The van der Waals surface area contributed by atoms with Crippen molar-refractivity contribution in [3.8, 4) is 5.75 Å². The molecular formula is C26H30N2O5. The molecule has 1 aliphatic heterocycles. The minimum Gasteiger partial charge on any atom is -0.486 e. The molecule has 2 aliphatic rings. The molecule has 2 amide bonds. The summed E-state index contributed by atoms with van der Waals surface area (Å²) >= 11 is 0. The van der Waals surface area contributed by atoms with E-state index in [1.165, 1.54) is 0 Å². The van der Waals surface area contributed by atoms with Crippen molar-refractivity contribution in [1.82, 2.24) is 10.2 Å². The molecule has 0 radical (unpaired) electrons. The fourth-order valence-electron chi connectivity index (χ4n) is 4.64. The number of aryl methyl sites for hydroxylation is 1. The molecule has 3 N–H and O–H groups in total. The highest BCUT2D eigenvalue weighted by atomic mass is 16.5. The van der Waals surface area contributed by atoms with Gasteiger partial charge in [0.2, 0.25) is 11.8 Å². The SMILES string of the molecule is CCC(=O)N(Cc1ccc(C)cc1)[C@@H]1C=C(C(=O)NCCO)[C@@H]2c3ccccc3O[C@@H]2[C@H]1O. The van der Waals surface area contributed by atoms with Crippen LogP contribution in [0.1, 0.15) is 36.0 Å². The van der Waals surface area contributed by atoms with Gasteiger partial charge in [-0.2, -0.15) is 0 Å². The highest BCUT2D eigenvalue weighted by Crippen LogP contribution is 2.47. The lowest BCUT2D eigenvalue weighted by atomic mass is 9.77. The number of amides is 2. The predicted molar refractivity (Wildman–Crippen MR) is 124 cm³/mol. The first-order valence-corrected chi connectivity index (χ1v) is 11.3. The number of hydrogen-bond acceptors (Lipinski definition) is 5.